The molecule has 5 nitrogen and oxygen atoms in total. The fourth-order valence-corrected chi connectivity index (χ4v) is 3.05. The number of carbonyl (C=O) groups excluding carboxylic acids is 2. The van der Waals surface area contributed by atoms with Gasteiger partial charge in [-0.2, -0.15) is 0 Å². The number of nitrogens with zero attached hydrogens (tertiary/aromatic N) is 1. The first-order valence-corrected chi connectivity index (χ1v) is 9.64. The lowest BCUT2D eigenvalue weighted by Crippen LogP contribution is -2.30. The van der Waals surface area contributed by atoms with Crippen molar-refractivity contribution in [3.05, 3.63) is 90.0 Å². The van der Waals surface area contributed by atoms with Crippen LogP contribution in [-0.4, -0.2) is 25.0 Å². The van der Waals surface area contributed by atoms with Crippen LogP contribution in [0.4, 0.5) is 11.4 Å². The van der Waals surface area contributed by atoms with E-state index in [0.717, 1.165) is 5.69 Å². The van der Waals surface area contributed by atoms with Crippen molar-refractivity contribution in [2.75, 3.05) is 23.4 Å². The van der Waals surface area contributed by atoms with Crippen molar-refractivity contribution in [3.63, 3.8) is 0 Å². The van der Waals surface area contributed by atoms with Crippen LogP contribution < -0.4 is 15.0 Å². The van der Waals surface area contributed by atoms with E-state index in [1.54, 1.807) is 41.3 Å². The molecule has 0 saturated heterocycles. The average molecular weight is 388 g/mol. The van der Waals surface area contributed by atoms with Crippen molar-refractivity contribution in [2.24, 2.45) is 0 Å². The first kappa shape index (κ1) is 20.1. The summed E-state index contributed by atoms with van der Waals surface area (Å²) in [7, 11) is 0. The number of amides is 2. The number of carbonyl (C=O) groups is 2. The van der Waals surface area contributed by atoms with Gasteiger partial charge in [0.2, 0.25) is 0 Å². The van der Waals surface area contributed by atoms with Crippen LogP contribution in [0.3, 0.4) is 0 Å². The number of hydrogen-bond donors (Lipinski definition) is 1. The van der Waals surface area contributed by atoms with E-state index in [1.807, 2.05) is 56.3 Å². The van der Waals surface area contributed by atoms with Gasteiger partial charge >= 0.3 is 0 Å². The molecule has 5 heteroatoms. The Hall–Kier alpha value is -3.60. The van der Waals surface area contributed by atoms with Crippen molar-refractivity contribution < 1.29 is 14.3 Å². The topological polar surface area (TPSA) is 58.6 Å². The molecule has 0 aliphatic heterocycles. The summed E-state index contributed by atoms with van der Waals surface area (Å²) in [4.78, 5) is 27.5. The summed E-state index contributed by atoms with van der Waals surface area (Å²) in [6.07, 6.45) is 0. The Morgan fingerprint density at radius 2 is 1.55 bits per heavy atom. The number of benzene rings is 3. The highest BCUT2D eigenvalue weighted by Gasteiger charge is 2.18. The summed E-state index contributed by atoms with van der Waals surface area (Å²) in [6, 6.07) is 23.5. The lowest BCUT2D eigenvalue weighted by atomic mass is 10.1. The van der Waals surface area contributed by atoms with E-state index in [-0.39, 0.29) is 11.8 Å². The third-order valence-electron chi connectivity index (χ3n) is 4.44. The molecule has 0 aliphatic carbocycles. The van der Waals surface area contributed by atoms with Gasteiger partial charge in [-0.1, -0.05) is 36.4 Å². The van der Waals surface area contributed by atoms with Crippen molar-refractivity contribution in [1.29, 1.82) is 0 Å². The third kappa shape index (κ3) is 4.82. The van der Waals surface area contributed by atoms with Gasteiger partial charge in [0.1, 0.15) is 5.75 Å². The van der Waals surface area contributed by atoms with Crippen LogP contribution in [-0.2, 0) is 0 Å². The maximum absolute atomic E-state index is 13.0. The quantitative estimate of drug-likeness (QED) is 0.619. The van der Waals surface area contributed by atoms with Gasteiger partial charge in [0.05, 0.1) is 12.3 Å². The van der Waals surface area contributed by atoms with E-state index in [1.165, 1.54) is 0 Å². The molecule has 0 radical (unpaired) electrons. The number of nitrogens with one attached hydrogen (secondary N) is 1. The SMILES string of the molecule is CCOc1ccccc1NC(=O)c1cccc(C(=O)N(CC)c2ccccc2)c1. The molecule has 0 aromatic heterocycles. The van der Waals surface area contributed by atoms with Gasteiger partial charge in [0.15, 0.2) is 0 Å². The zero-order valence-corrected chi connectivity index (χ0v) is 16.6. The Bertz CT molecular complexity index is 986. The molecule has 0 fully saturated rings. The molecular formula is C24H24N2O3. The number of para-hydroxylation sites is 3. The third-order valence-corrected chi connectivity index (χ3v) is 4.44. The van der Waals surface area contributed by atoms with Gasteiger partial charge < -0.3 is 15.0 Å². The second-order valence-corrected chi connectivity index (χ2v) is 6.35. The molecule has 148 valence electrons. The highest BCUT2D eigenvalue weighted by atomic mass is 16.5. The van der Waals surface area contributed by atoms with Crippen LogP contribution in [0.2, 0.25) is 0 Å². The highest BCUT2D eigenvalue weighted by Crippen LogP contribution is 2.24. The summed E-state index contributed by atoms with van der Waals surface area (Å²) in [6.45, 7) is 4.84. The minimum atomic E-state index is -0.297. The van der Waals surface area contributed by atoms with E-state index in [0.29, 0.717) is 35.7 Å². The van der Waals surface area contributed by atoms with Gasteiger partial charge in [-0.15, -0.1) is 0 Å². The van der Waals surface area contributed by atoms with Gasteiger partial charge in [-0.3, -0.25) is 9.59 Å². The molecule has 1 N–H and O–H groups in total. The van der Waals surface area contributed by atoms with Gasteiger partial charge in [-0.05, 0) is 56.3 Å². The Kier molecular flexibility index (Phi) is 6.63. The Morgan fingerprint density at radius 3 is 2.28 bits per heavy atom. The summed E-state index contributed by atoms with van der Waals surface area (Å²) in [5.41, 5.74) is 2.28. The van der Waals surface area contributed by atoms with Crippen molar-refractivity contribution in [1.82, 2.24) is 0 Å². The van der Waals surface area contributed by atoms with E-state index < -0.39 is 0 Å². The van der Waals surface area contributed by atoms with Crippen molar-refractivity contribution >= 4 is 23.2 Å². The Balaban J connectivity index is 1.82. The van der Waals surface area contributed by atoms with Crippen LogP contribution in [0.1, 0.15) is 34.6 Å². The molecule has 3 aromatic rings. The molecular weight excluding hydrogens is 364 g/mol. The lowest BCUT2D eigenvalue weighted by molar-refractivity contribution is 0.0988. The summed E-state index contributed by atoms with van der Waals surface area (Å²) >= 11 is 0. The molecule has 3 aromatic carbocycles. The van der Waals surface area contributed by atoms with E-state index in [4.69, 9.17) is 4.74 Å². The molecule has 0 saturated carbocycles. The standard InChI is InChI=1S/C24H24N2O3/c1-3-26(20-13-6-5-7-14-20)24(28)19-12-10-11-18(17-19)23(27)25-21-15-8-9-16-22(21)29-4-2/h5-17H,3-4H2,1-2H3,(H,25,27). The smallest absolute Gasteiger partial charge is 0.258 e. The maximum atomic E-state index is 13.0. The van der Waals surface area contributed by atoms with Crippen molar-refractivity contribution in [2.45, 2.75) is 13.8 Å². The fourth-order valence-electron chi connectivity index (χ4n) is 3.05. The highest BCUT2D eigenvalue weighted by molar-refractivity contribution is 6.09. The van der Waals surface area contributed by atoms with Crippen LogP contribution in [0.5, 0.6) is 5.75 Å². The van der Waals surface area contributed by atoms with Crippen LogP contribution in [0.25, 0.3) is 0 Å². The monoisotopic (exact) mass is 388 g/mol. The molecule has 0 unspecified atom stereocenters. The molecule has 0 bridgehead atoms. The van der Waals surface area contributed by atoms with E-state index in [2.05, 4.69) is 5.32 Å². The molecule has 29 heavy (non-hydrogen) atoms. The molecule has 2 amide bonds. The number of rotatable bonds is 7. The number of ether oxygens (including phenoxy) is 1. The zero-order valence-electron chi connectivity index (χ0n) is 16.6. The van der Waals surface area contributed by atoms with Gasteiger partial charge in [0, 0.05) is 23.4 Å². The number of hydrogen-bond acceptors (Lipinski definition) is 3. The average Bonchev–Trinajstić information content (AvgIpc) is 2.76. The minimum absolute atomic E-state index is 0.150. The van der Waals surface area contributed by atoms with Crippen LogP contribution in [0, 0.1) is 0 Å². The Morgan fingerprint density at radius 1 is 0.862 bits per heavy atom. The predicted molar refractivity (Wildman–Crippen MR) is 116 cm³/mol. The fraction of sp³-hybridized carbons (Fsp3) is 0.167. The van der Waals surface area contributed by atoms with Crippen molar-refractivity contribution in [3.8, 4) is 5.75 Å². The van der Waals surface area contributed by atoms with Gasteiger partial charge in [-0.25, -0.2) is 0 Å². The Labute approximate surface area is 170 Å². The normalized spacial score (nSPS) is 10.3. The second kappa shape index (κ2) is 9.55. The largest absolute Gasteiger partial charge is 0.492 e. The van der Waals surface area contributed by atoms with Crippen LogP contribution in [0.15, 0.2) is 78.9 Å². The van der Waals surface area contributed by atoms with E-state index >= 15 is 0 Å². The summed E-state index contributed by atoms with van der Waals surface area (Å²) in [5, 5.41) is 2.86. The second-order valence-electron chi connectivity index (χ2n) is 6.35. The zero-order chi connectivity index (χ0) is 20.6. The first-order chi connectivity index (χ1) is 14.1. The molecule has 0 heterocycles. The molecule has 0 spiro atoms. The lowest BCUT2D eigenvalue weighted by Gasteiger charge is -2.21. The first-order valence-electron chi connectivity index (χ1n) is 9.64. The molecule has 3 rings (SSSR count). The van der Waals surface area contributed by atoms with E-state index in [9.17, 15) is 9.59 Å². The summed E-state index contributed by atoms with van der Waals surface area (Å²) in [5.74, 6) is 0.162. The number of anilines is 2. The molecule has 0 atom stereocenters. The van der Waals surface area contributed by atoms with Crippen LogP contribution >= 0.6 is 0 Å². The molecule has 0 aliphatic rings. The summed E-state index contributed by atoms with van der Waals surface area (Å²) < 4.78 is 5.56. The minimum Gasteiger partial charge on any atom is -0.492 e. The predicted octanol–water partition coefficient (Wildman–Crippen LogP) is 5.00. The van der Waals surface area contributed by atoms with Gasteiger partial charge in [0.25, 0.3) is 11.8 Å². The maximum Gasteiger partial charge on any atom is 0.258 e.